The Morgan fingerprint density at radius 2 is 0.808 bits per heavy atom. The molecule has 9 aromatic carbocycles. The van der Waals surface area contributed by atoms with Gasteiger partial charge >= 0.3 is 0 Å². The molecule has 1 heteroatoms. The van der Waals surface area contributed by atoms with Crippen molar-refractivity contribution in [3.05, 3.63) is 200 Å². The lowest BCUT2D eigenvalue weighted by Gasteiger charge is -2.20. The first-order valence-corrected chi connectivity index (χ1v) is 17.9. The molecule has 0 radical (unpaired) electrons. The first-order chi connectivity index (χ1) is 25.8. The van der Waals surface area contributed by atoms with Crippen LogP contribution < -0.4 is 0 Å². The number of pyridine rings is 1. The monoisotopic (exact) mass is 659 g/mol. The van der Waals surface area contributed by atoms with Crippen molar-refractivity contribution >= 4 is 43.1 Å². The predicted molar refractivity (Wildman–Crippen MR) is 221 cm³/mol. The summed E-state index contributed by atoms with van der Waals surface area (Å²) < 4.78 is 0. The Hall–Kier alpha value is -6.83. The van der Waals surface area contributed by atoms with Gasteiger partial charge in [0, 0.05) is 11.1 Å². The predicted octanol–water partition coefficient (Wildman–Crippen LogP) is 14.0. The summed E-state index contributed by atoms with van der Waals surface area (Å²) in [5.41, 5.74) is 11.4. The molecule has 52 heavy (non-hydrogen) atoms. The van der Waals surface area contributed by atoms with Crippen molar-refractivity contribution in [3.8, 4) is 55.9 Å². The lowest BCUT2D eigenvalue weighted by molar-refractivity contribution is 1.32. The van der Waals surface area contributed by atoms with Gasteiger partial charge in [0.1, 0.15) is 0 Å². The summed E-state index contributed by atoms with van der Waals surface area (Å²) >= 11 is 0. The van der Waals surface area contributed by atoms with Gasteiger partial charge in [0.2, 0.25) is 0 Å². The number of aromatic nitrogens is 1. The molecule has 1 nitrogen and oxygen atoms in total. The topological polar surface area (TPSA) is 12.9 Å². The van der Waals surface area contributed by atoms with Crippen molar-refractivity contribution in [3.63, 3.8) is 0 Å². The molecule has 0 N–H and O–H groups in total. The molecule has 0 amide bonds. The SMILES string of the molecule is c1ccc(-c2cc(-c3ccccc3)nc(-c3ccc4c(-c5ccc6ccccc6c5)c5ccccc5c(-c5cccc6ccccc56)c4c3)c2)cc1. The average Bonchev–Trinajstić information content (AvgIpc) is 3.22. The van der Waals surface area contributed by atoms with Gasteiger partial charge in [-0.25, -0.2) is 4.98 Å². The maximum absolute atomic E-state index is 5.34. The lowest BCUT2D eigenvalue weighted by atomic mass is 9.83. The van der Waals surface area contributed by atoms with Gasteiger partial charge < -0.3 is 0 Å². The molecule has 0 aliphatic carbocycles. The normalized spacial score (nSPS) is 11.5. The minimum absolute atomic E-state index is 0.950. The van der Waals surface area contributed by atoms with Crippen molar-refractivity contribution in [2.45, 2.75) is 0 Å². The molecule has 10 aromatic rings. The van der Waals surface area contributed by atoms with Crippen LogP contribution in [0, 0.1) is 0 Å². The van der Waals surface area contributed by atoms with Crippen molar-refractivity contribution in [2.75, 3.05) is 0 Å². The molecule has 1 aromatic heterocycles. The summed E-state index contributed by atoms with van der Waals surface area (Å²) in [5, 5.41) is 9.88. The molecule has 242 valence electrons. The number of rotatable bonds is 5. The van der Waals surface area contributed by atoms with Crippen LogP contribution in [0.3, 0.4) is 0 Å². The van der Waals surface area contributed by atoms with Crippen molar-refractivity contribution < 1.29 is 0 Å². The van der Waals surface area contributed by atoms with Gasteiger partial charge in [-0.2, -0.15) is 0 Å². The minimum atomic E-state index is 0.950. The molecule has 10 rings (SSSR count). The molecule has 1 heterocycles. The molecule has 0 unspecified atom stereocenters. The third kappa shape index (κ3) is 5.14. The minimum Gasteiger partial charge on any atom is -0.248 e. The van der Waals surface area contributed by atoms with Crippen LogP contribution in [0.25, 0.3) is 99.0 Å². The number of benzene rings is 9. The molecule has 0 spiro atoms. The van der Waals surface area contributed by atoms with E-state index in [4.69, 9.17) is 4.98 Å². The quantitative estimate of drug-likeness (QED) is 0.168. The second-order valence-electron chi connectivity index (χ2n) is 13.5. The second kappa shape index (κ2) is 12.5. The first-order valence-electron chi connectivity index (χ1n) is 17.9. The van der Waals surface area contributed by atoms with Gasteiger partial charge in [0.25, 0.3) is 0 Å². The van der Waals surface area contributed by atoms with E-state index in [1.165, 1.54) is 70.9 Å². The van der Waals surface area contributed by atoms with Gasteiger partial charge in [-0.05, 0) is 101 Å². The Morgan fingerprint density at radius 1 is 0.250 bits per heavy atom. The molecule has 0 saturated heterocycles. The molecule has 0 fully saturated rings. The fourth-order valence-corrected chi connectivity index (χ4v) is 7.96. The smallest absolute Gasteiger partial charge is 0.0715 e. The zero-order valence-electron chi connectivity index (χ0n) is 28.5. The van der Waals surface area contributed by atoms with E-state index in [1.54, 1.807) is 0 Å². The van der Waals surface area contributed by atoms with Gasteiger partial charge in [0.15, 0.2) is 0 Å². The first kappa shape index (κ1) is 30.0. The average molecular weight is 660 g/mol. The van der Waals surface area contributed by atoms with Crippen LogP contribution in [0.15, 0.2) is 200 Å². The second-order valence-corrected chi connectivity index (χ2v) is 13.5. The number of nitrogens with zero attached hydrogens (tertiary/aromatic N) is 1. The number of hydrogen-bond donors (Lipinski definition) is 0. The molecule has 0 aliphatic rings. The van der Waals surface area contributed by atoms with Crippen LogP contribution in [-0.2, 0) is 0 Å². The Labute approximate surface area is 303 Å². The third-order valence-corrected chi connectivity index (χ3v) is 10.4. The Balaban J connectivity index is 1.31. The third-order valence-electron chi connectivity index (χ3n) is 10.4. The van der Waals surface area contributed by atoms with Gasteiger partial charge in [-0.1, -0.05) is 176 Å². The summed E-state index contributed by atoms with van der Waals surface area (Å²) in [5.74, 6) is 0. The van der Waals surface area contributed by atoms with E-state index in [-0.39, 0.29) is 0 Å². The summed E-state index contributed by atoms with van der Waals surface area (Å²) in [6, 6.07) is 72.4. The standard InChI is InChI=1S/C51H33N/c1-3-14-34(15-4-1)41-32-48(37-18-5-2-6-19-37)52-49(33-41)39-28-29-46-47(31-39)51(43-25-13-21-36-17-9-10-22-42(36)43)45-24-12-11-23-44(45)50(46)40-27-26-35-16-7-8-20-38(35)30-40/h1-33H. The summed E-state index contributed by atoms with van der Waals surface area (Å²) in [4.78, 5) is 5.34. The Bertz CT molecular complexity index is 2880. The highest BCUT2D eigenvalue weighted by Gasteiger charge is 2.20. The van der Waals surface area contributed by atoms with E-state index in [9.17, 15) is 0 Å². The molecule has 0 aliphatic heterocycles. The van der Waals surface area contributed by atoms with Crippen LogP contribution in [0.4, 0.5) is 0 Å². The maximum Gasteiger partial charge on any atom is 0.0715 e. The van der Waals surface area contributed by atoms with Crippen LogP contribution in [0.2, 0.25) is 0 Å². The molecule has 0 saturated carbocycles. The summed E-state index contributed by atoms with van der Waals surface area (Å²) in [7, 11) is 0. The van der Waals surface area contributed by atoms with Crippen LogP contribution in [0.5, 0.6) is 0 Å². The highest BCUT2D eigenvalue weighted by molar-refractivity contribution is 6.24. The fraction of sp³-hybridized carbons (Fsp3) is 0. The van der Waals surface area contributed by atoms with Crippen molar-refractivity contribution in [2.24, 2.45) is 0 Å². The lowest BCUT2D eigenvalue weighted by Crippen LogP contribution is -1.94. The zero-order chi connectivity index (χ0) is 34.4. The summed E-state index contributed by atoms with van der Waals surface area (Å²) in [6.45, 7) is 0. The highest BCUT2D eigenvalue weighted by atomic mass is 14.7. The molecule has 0 atom stereocenters. The van der Waals surface area contributed by atoms with E-state index < -0.39 is 0 Å². The Morgan fingerprint density at radius 3 is 1.58 bits per heavy atom. The molecular formula is C51H33N. The fourth-order valence-electron chi connectivity index (χ4n) is 7.96. The largest absolute Gasteiger partial charge is 0.248 e. The van der Waals surface area contributed by atoms with Crippen molar-refractivity contribution in [1.29, 1.82) is 0 Å². The van der Waals surface area contributed by atoms with Gasteiger partial charge in [-0.15, -0.1) is 0 Å². The van der Waals surface area contributed by atoms with Gasteiger partial charge in [-0.3, -0.25) is 0 Å². The van der Waals surface area contributed by atoms with Crippen molar-refractivity contribution in [1.82, 2.24) is 4.98 Å². The van der Waals surface area contributed by atoms with E-state index in [0.717, 1.165) is 28.1 Å². The van der Waals surface area contributed by atoms with E-state index in [1.807, 2.05) is 0 Å². The van der Waals surface area contributed by atoms with Crippen LogP contribution >= 0.6 is 0 Å². The highest BCUT2D eigenvalue weighted by Crippen LogP contribution is 2.47. The van der Waals surface area contributed by atoms with E-state index in [2.05, 4.69) is 200 Å². The number of hydrogen-bond acceptors (Lipinski definition) is 1. The zero-order valence-corrected chi connectivity index (χ0v) is 28.5. The van der Waals surface area contributed by atoms with Crippen LogP contribution in [0.1, 0.15) is 0 Å². The van der Waals surface area contributed by atoms with Gasteiger partial charge in [0.05, 0.1) is 11.4 Å². The summed E-state index contributed by atoms with van der Waals surface area (Å²) in [6.07, 6.45) is 0. The van der Waals surface area contributed by atoms with E-state index >= 15 is 0 Å². The Kier molecular flexibility index (Phi) is 7.22. The van der Waals surface area contributed by atoms with E-state index in [0.29, 0.717) is 0 Å². The van der Waals surface area contributed by atoms with Crippen LogP contribution in [-0.4, -0.2) is 4.98 Å². The number of fused-ring (bicyclic) bond motifs is 4. The molecule has 0 bridgehead atoms. The molecular weight excluding hydrogens is 627 g/mol. The maximum atomic E-state index is 5.34.